The van der Waals surface area contributed by atoms with E-state index in [1.165, 1.54) is 0 Å². The number of aliphatic hydroxyl groups is 1. The van der Waals surface area contributed by atoms with Crippen molar-refractivity contribution in [2.45, 2.75) is 57.1 Å². The van der Waals surface area contributed by atoms with Gasteiger partial charge in [-0.2, -0.15) is 0 Å². The molecule has 27 heavy (non-hydrogen) atoms. The lowest BCUT2D eigenvalue weighted by Gasteiger charge is -2.52. The molecule has 1 aromatic rings. The van der Waals surface area contributed by atoms with E-state index in [0.29, 0.717) is 13.1 Å². The molecule has 4 rings (SSSR count). The molecule has 2 aliphatic heterocycles. The van der Waals surface area contributed by atoms with Crippen molar-refractivity contribution in [1.82, 2.24) is 10.2 Å². The van der Waals surface area contributed by atoms with Gasteiger partial charge in [-0.15, -0.1) is 0 Å². The monoisotopic (exact) mass is 374 g/mol. The molecular weight excluding hydrogens is 344 g/mol. The Hall–Kier alpha value is -1.79. The van der Waals surface area contributed by atoms with Gasteiger partial charge in [-0.25, -0.2) is 0 Å². The van der Waals surface area contributed by atoms with Gasteiger partial charge < -0.3 is 19.9 Å². The Morgan fingerprint density at radius 3 is 3.00 bits per heavy atom. The van der Waals surface area contributed by atoms with Gasteiger partial charge in [0.1, 0.15) is 0 Å². The van der Waals surface area contributed by atoms with Crippen LogP contribution in [0.15, 0.2) is 18.2 Å². The molecule has 1 aliphatic carbocycles. The van der Waals surface area contributed by atoms with Gasteiger partial charge in [0.05, 0.1) is 12.1 Å². The van der Waals surface area contributed by atoms with E-state index in [9.17, 15) is 9.90 Å². The molecular formula is C21H30N2O4. The second kappa shape index (κ2) is 7.68. The van der Waals surface area contributed by atoms with Gasteiger partial charge in [-0.3, -0.25) is 9.69 Å². The minimum absolute atomic E-state index is 0.0194. The largest absolute Gasteiger partial charge is 0.454 e. The number of rotatable bonds is 5. The fraction of sp³-hybridized carbons (Fsp3) is 0.667. The molecule has 6 heteroatoms. The van der Waals surface area contributed by atoms with Crippen LogP contribution in [0, 0.1) is 5.92 Å². The number of benzene rings is 1. The molecule has 0 aromatic heterocycles. The molecule has 3 atom stereocenters. The molecule has 0 bridgehead atoms. The molecule has 0 spiro atoms. The van der Waals surface area contributed by atoms with Crippen molar-refractivity contribution >= 4 is 5.91 Å². The van der Waals surface area contributed by atoms with E-state index < -0.39 is 5.60 Å². The van der Waals surface area contributed by atoms with E-state index in [0.717, 1.165) is 62.1 Å². The number of likely N-dealkylation sites (tertiary alicyclic amines) is 1. The Morgan fingerprint density at radius 1 is 1.30 bits per heavy atom. The van der Waals surface area contributed by atoms with Crippen LogP contribution >= 0.6 is 0 Å². The summed E-state index contributed by atoms with van der Waals surface area (Å²) >= 11 is 0. The van der Waals surface area contributed by atoms with Crippen LogP contribution in [0.3, 0.4) is 0 Å². The van der Waals surface area contributed by atoms with Crippen LogP contribution in [-0.4, -0.2) is 47.9 Å². The smallest absolute Gasteiger partial charge is 0.234 e. The summed E-state index contributed by atoms with van der Waals surface area (Å²) in [5.74, 6) is 1.72. The Labute approximate surface area is 160 Å². The molecule has 2 fully saturated rings. The number of amides is 1. The Morgan fingerprint density at radius 2 is 2.15 bits per heavy atom. The first-order valence-electron chi connectivity index (χ1n) is 10.2. The highest BCUT2D eigenvalue weighted by molar-refractivity contribution is 5.78. The summed E-state index contributed by atoms with van der Waals surface area (Å²) in [7, 11) is 0. The Balaban J connectivity index is 1.63. The number of carbonyl (C=O) groups excluding carboxylic acids is 1. The zero-order valence-electron chi connectivity index (χ0n) is 16.1. The lowest BCUT2D eigenvalue weighted by atomic mass is 9.66. The first-order chi connectivity index (χ1) is 13.1. The molecule has 148 valence electrons. The van der Waals surface area contributed by atoms with E-state index in [1.54, 1.807) is 0 Å². The van der Waals surface area contributed by atoms with Crippen LogP contribution < -0.4 is 14.8 Å². The van der Waals surface area contributed by atoms with Crippen molar-refractivity contribution in [3.8, 4) is 11.5 Å². The first kappa shape index (κ1) is 18.6. The number of piperidine rings is 1. The second-order valence-electron chi connectivity index (χ2n) is 8.08. The van der Waals surface area contributed by atoms with Gasteiger partial charge in [-0.1, -0.05) is 25.8 Å². The third-order valence-corrected chi connectivity index (χ3v) is 6.33. The predicted octanol–water partition coefficient (Wildman–Crippen LogP) is 2.61. The fourth-order valence-electron chi connectivity index (χ4n) is 4.96. The zero-order chi connectivity index (χ0) is 18.9. The lowest BCUT2D eigenvalue weighted by molar-refractivity contribution is -0.137. The third kappa shape index (κ3) is 3.65. The summed E-state index contributed by atoms with van der Waals surface area (Å²) < 4.78 is 11.0. The van der Waals surface area contributed by atoms with Crippen LogP contribution in [0.25, 0.3) is 0 Å². The van der Waals surface area contributed by atoms with Crippen molar-refractivity contribution in [1.29, 1.82) is 0 Å². The molecule has 1 saturated heterocycles. The highest BCUT2D eigenvalue weighted by Crippen LogP contribution is 2.50. The number of nitrogens with zero attached hydrogens (tertiary/aromatic N) is 1. The normalized spacial score (nSPS) is 30.0. The quantitative estimate of drug-likeness (QED) is 0.829. The van der Waals surface area contributed by atoms with Crippen LogP contribution in [-0.2, 0) is 4.79 Å². The number of ether oxygens (including phenoxy) is 2. The Bertz CT molecular complexity index is 695. The molecule has 1 amide bonds. The van der Waals surface area contributed by atoms with E-state index in [1.807, 2.05) is 12.1 Å². The number of carbonyl (C=O) groups is 1. The lowest BCUT2D eigenvalue weighted by Crippen LogP contribution is -2.56. The van der Waals surface area contributed by atoms with E-state index in [2.05, 4.69) is 23.2 Å². The number of hydrogen-bond acceptors (Lipinski definition) is 5. The molecule has 2 heterocycles. The topological polar surface area (TPSA) is 71.0 Å². The van der Waals surface area contributed by atoms with E-state index in [-0.39, 0.29) is 24.7 Å². The molecule has 0 radical (unpaired) electrons. The molecule has 2 unspecified atom stereocenters. The number of fused-ring (bicyclic) bond motifs is 2. The SMILES string of the molecule is CCCNC(=O)CN1CCC2(O)CCCCC2[C@@H]1c1ccc2c(c1)OCO2. The first-order valence-corrected chi connectivity index (χ1v) is 10.2. The summed E-state index contributed by atoms with van der Waals surface area (Å²) in [6.45, 7) is 4.10. The minimum atomic E-state index is -0.629. The van der Waals surface area contributed by atoms with Gasteiger partial charge in [0, 0.05) is 25.0 Å². The maximum absolute atomic E-state index is 12.4. The average Bonchev–Trinajstić information content (AvgIpc) is 3.14. The van der Waals surface area contributed by atoms with Crippen LogP contribution in [0.4, 0.5) is 0 Å². The number of nitrogens with one attached hydrogen (secondary N) is 1. The summed E-state index contributed by atoms with van der Waals surface area (Å²) in [4.78, 5) is 14.7. The average molecular weight is 374 g/mol. The molecule has 6 nitrogen and oxygen atoms in total. The van der Waals surface area contributed by atoms with Crippen molar-refractivity contribution in [3.63, 3.8) is 0 Å². The van der Waals surface area contributed by atoms with Crippen LogP contribution in [0.2, 0.25) is 0 Å². The molecule has 2 N–H and O–H groups in total. The van der Waals surface area contributed by atoms with Crippen LogP contribution in [0.5, 0.6) is 11.5 Å². The Kier molecular flexibility index (Phi) is 5.28. The summed E-state index contributed by atoms with van der Waals surface area (Å²) in [6, 6.07) is 6.06. The minimum Gasteiger partial charge on any atom is -0.454 e. The molecule has 3 aliphatic rings. The predicted molar refractivity (Wildman–Crippen MR) is 102 cm³/mol. The molecule has 1 aromatic carbocycles. The van der Waals surface area contributed by atoms with Crippen LogP contribution in [0.1, 0.15) is 57.1 Å². The van der Waals surface area contributed by atoms with E-state index in [4.69, 9.17) is 9.47 Å². The van der Waals surface area contributed by atoms with Gasteiger partial charge >= 0.3 is 0 Å². The van der Waals surface area contributed by atoms with Gasteiger partial charge in [-0.05, 0) is 43.4 Å². The highest BCUT2D eigenvalue weighted by atomic mass is 16.7. The fourth-order valence-corrected chi connectivity index (χ4v) is 4.96. The van der Waals surface area contributed by atoms with Crippen molar-refractivity contribution in [2.24, 2.45) is 5.92 Å². The van der Waals surface area contributed by atoms with Crippen molar-refractivity contribution < 1.29 is 19.4 Å². The summed E-state index contributed by atoms with van der Waals surface area (Å²) in [5, 5.41) is 14.3. The van der Waals surface area contributed by atoms with Gasteiger partial charge in [0.2, 0.25) is 12.7 Å². The summed E-state index contributed by atoms with van der Waals surface area (Å²) in [6.07, 6.45) is 5.72. The standard InChI is InChI=1S/C21H30N2O4/c1-2-10-22-19(24)13-23-11-9-21(25)8-4-3-5-16(21)20(23)15-6-7-17-18(12-15)27-14-26-17/h6-7,12,16,20,25H,2-5,8-11,13-14H2,1H3,(H,22,24)/t16?,20-,21?/m0/s1. The highest BCUT2D eigenvalue weighted by Gasteiger charge is 2.49. The van der Waals surface area contributed by atoms with Crippen molar-refractivity contribution in [3.05, 3.63) is 23.8 Å². The maximum atomic E-state index is 12.4. The van der Waals surface area contributed by atoms with Gasteiger partial charge in [0.25, 0.3) is 0 Å². The summed E-state index contributed by atoms with van der Waals surface area (Å²) in [5.41, 5.74) is 0.475. The number of hydrogen-bond donors (Lipinski definition) is 2. The van der Waals surface area contributed by atoms with Gasteiger partial charge in [0.15, 0.2) is 11.5 Å². The van der Waals surface area contributed by atoms with E-state index >= 15 is 0 Å². The molecule has 1 saturated carbocycles. The zero-order valence-corrected chi connectivity index (χ0v) is 16.1. The maximum Gasteiger partial charge on any atom is 0.234 e. The van der Waals surface area contributed by atoms with Crippen molar-refractivity contribution in [2.75, 3.05) is 26.4 Å². The second-order valence-corrected chi connectivity index (χ2v) is 8.08. The third-order valence-electron chi connectivity index (χ3n) is 6.33.